The van der Waals surface area contributed by atoms with Crippen LogP contribution in [0.15, 0.2) is 28.7 Å². The van der Waals surface area contributed by atoms with E-state index in [2.05, 4.69) is 26.1 Å². The van der Waals surface area contributed by atoms with E-state index >= 15 is 0 Å². The van der Waals surface area contributed by atoms with Crippen molar-refractivity contribution in [2.24, 2.45) is 5.92 Å². The summed E-state index contributed by atoms with van der Waals surface area (Å²) in [4.78, 5) is 29.9. The summed E-state index contributed by atoms with van der Waals surface area (Å²) in [5.74, 6) is 0.666. The Morgan fingerprint density at radius 3 is 2.37 bits per heavy atom. The van der Waals surface area contributed by atoms with Gasteiger partial charge in [0.1, 0.15) is 0 Å². The van der Waals surface area contributed by atoms with E-state index in [0.29, 0.717) is 24.6 Å². The largest absolute Gasteiger partial charge is 0.353 e. The maximum absolute atomic E-state index is 12.9. The van der Waals surface area contributed by atoms with E-state index in [0.717, 1.165) is 30.4 Å². The monoisotopic (exact) mass is 435 g/mol. The summed E-state index contributed by atoms with van der Waals surface area (Å²) in [6, 6.07) is 7.64. The number of halogens is 1. The molecule has 0 aromatic heterocycles. The number of rotatable bonds is 5. The van der Waals surface area contributed by atoms with Crippen molar-refractivity contribution in [1.82, 2.24) is 15.1 Å². The third kappa shape index (κ3) is 5.11. The molecule has 27 heavy (non-hydrogen) atoms. The first-order chi connectivity index (χ1) is 13.0. The summed E-state index contributed by atoms with van der Waals surface area (Å²) in [6.07, 6.45) is 4.70. The SMILES string of the molecule is CC(C)NC(=O)C(C1CCCC1)N1CCN(C(=O)c2cccc(Br)c2)CC1. The molecule has 5 nitrogen and oxygen atoms in total. The van der Waals surface area contributed by atoms with Gasteiger partial charge in [0.15, 0.2) is 0 Å². The Morgan fingerprint density at radius 2 is 1.78 bits per heavy atom. The molecule has 1 atom stereocenters. The van der Waals surface area contributed by atoms with Crippen molar-refractivity contribution < 1.29 is 9.59 Å². The maximum Gasteiger partial charge on any atom is 0.253 e. The van der Waals surface area contributed by atoms with Crippen LogP contribution in [0.5, 0.6) is 0 Å². The van der Waals surface area contributed by atoms with Crippen LogP contribution in [0.25, 0.3) is 0 Å². The number of piperazine rings is 1. The second kappa shape index (κ2) is 9.20. The summed E-state index contributed by atoms with van der Waals surface area (Å²) >= 11 is 3.43. The number of carbonyl (C=O) groups is 2. The van der Waals surface area contributed by atoms with Crippen molar-refractivity contribution in [3.8, 4) is 0 Å². The molecular formula is C21H30BrN3O2. The van der Waals surface area contributed by atoms with Gasteiger partial charge in [-0.2, -0.15) is 0 Å². The Balaban J connectivity index is 1.64. The summed E-state index contributed by atoms with van der Waals surface area (Å²) in [5, 5.41) is 3.12. The van der Waals surface area contributed by atoms with Crippen LogP contribution in [-0.4, -0.2) is 59.9 Å². The van der Waals surface area contributed by atoms with Crippen molar-refractivity contribution in [2.75, 3.05) is 26.2 Å². The van der Waals surface area contributed by atoms with E-state index in [1.165, 1.54) is 12.8 Å². The summed E-state index contributed by atoms with van der Waals surface area (Å²) in [6.45, 7) is 6.88. The smallest absolute Gasteiger partial charge is 0.253 e. The number of nitrogens with zero attached hydrogens (tertiary/aromatic N) is 2. The molecule has 1 aliphatic heterocycles. The minimum Gasteiger partial charge on any atom is -0.353 e. The minimum atomic E-state index is -0.0574. The molecule has 1 saturated carbocycles. The Morgan fingerprint density at radius 1 is 1.11 bits per heavy atom. The predicted octanol–water partition coefficient (Wildman–Crippen LogP) is 3.29. The Kier molecular flexibility index (Phi) is 6.93. The van der Waals surface area contributed by atoms with Gasteiger partial charge in [-0.3, -0.25) is 14.5 Å². The van der Waals surface area contributed by atoms with Gasteiger partial charge in [0.25, 0.3) is 5.91 Å². The molecule has 2 amide bonds. The van der Waals surface area contributed by atoms with Crippen LogP contribution in [-0.2, 0) is 4.79 Å². The van der Waals surface area contributed by atoms with E-state index in [1.807, 2.05) is 43.0 Å². The van der Waals surface area contributed by atoms with Crippen molar-refractivity contribution in [1.29, 1.82) is 0 Å². The molecule has 1 saturated heterocycles. The third-order valence-electron chi connectivity index (χ3n) is 5.61. The van der Waals surface area contributed by atoms with Crippen LogP contribution in [0.1, 0.15) is 49.9 Å². The molecular weight excluding hydrogens is 406 g/mol. The van der Waals surface area contributed by atoms with E-state index in [4.69, 9.17) is 0 Å². The van der Waals surface area contributed by atoms with E-state index in [1.54, 1.807) is 0 Å². The van der Waals surface area contributed by atoms with Crippen LogP contribution in [0, 0.1) is 5.92 Å². The van der Waals surface area contributed by atoms with Crippen molar-refractivity contribution >= 4 is 27.7 Å². The Labute approximate surface area is 170 Å². The first-order valence-electron chi connectivity index (χ1n) is 10.0. The lowest BCUT2D eigenvalue weighted by Gasteiger charge is -2.41. The van der Waals surface area contributed by atoms with Crippen LogP contribution in [0.2, 0.25) is 0 Å². The lowest BCUT2D eigenvalue weighted by Crippen LogP contribution is -2.58. The molecule has 1 aromatic carbocycles. The number of carbonyl (C=O) groups excluding carboxylic acids is 2. The Hall–Kier alpha value is -1.40. The molecule has 0 bridgehead atoms. The van der Waals surface area contributed by atoms with Gasteiger partial charge in [-0.25, -0.2) is 0 Å². The molecule has 3 rings (SSSR count). The van der Waals surface area contributed by atoms with Crippen LogP contribution < -0.4 is 5.32 Å². The highest BCUT2D eigenvalue weighted by Gasteiger charge is 2.37. The molecule has 1 aromatic rings. The average molecular weight is 436 g/mol. The van der Waals surface area contributed by atoms with Gasteiger partial charge in [-0.05, 0) is 50.8 Å². The molecule has 6 heteroatoms. The highest BCUT2D eigenvalue weighted by molar-refractivity contribution is 9.10. The van der Waals surface area contributed by atoms with Gasteiger partial charge in [0.2, 0.25) is 5.91 Å². The standard InChI is InChI=1S/C21H30BrN3O2/c1-15(2)23-20(26)19(16-6-3-4-7-16)24-10-12-25(13-11-24)21(27)17-8-5-9-18(22)14-17/h5,8-9,14-16,19H,3-4,6-7,10-13H2,1-2H3,(H,23,26). The summed E-state index contributed by atoms with van der Waals surface area (Å²) in [5.41, 5.74) is 0.711. The zero-order valence-electron chi connectivity index (χ0n) is 16.3. The van der Waals surface area contributed by atoms with E-state index < -0.39 is 0 Å². The Bertz CT molecular complexity index is 665. The number of nitrogens with one attached hydrogen (secondary N) is 1. The van der Waals surface area contributed by atoms with Crippen molar-refractivity contribution in [2.45, 2.75) is 51.6 Å². The normalized spacial score (nSPS) is 20.1. The van der Waals surface area contributed by atoms with E-state index in [-0.39, 0.29) is 23.9 Å². The molecule has 2 fully saturated rings. The number of benzene rings is 1. The molecule has 2 aliphatic rings. The zero-order chi connectivity index (χ0) is 19.4. The third-order valence-corrected chi connectivity index (χ3v) is 6.11. The molecule has 1 aliphatic carbocycles. The highest BCUT2D eigenvalue weighted by Crippen LogP contribution is 2.31. The predicted molar refractivity (Wildman–Crippen MR) is 111 cm³/mol. The summed E-state index contributed by atoms with van der Waals surface area (Å²) in [7, 11) is 0. The average Bonchev–Trinajstić information content (AvgIpc) is 3.15. The minimum absolute atomic E-state index is 0.0574. The first-order valence-corrected chi connectivity index (χ1v) is 10.8. The van der Waals surface area contributed by atoms with Gasteiger partial charge in [-0.1, -0.05) is 34.8 Å². The second-order valence-electron chi connectivity index (χ2n) is 7.99. The van der Waals surface area contributed by atoms with Gasteiger partial charge < -0.3 is 10.2 Å². The lowest BCUT2D eigenvalue weighted by molar-refractivity contribution is -0.129. The molecule has 0 spiro atoms. The number of amides is 2. The quantitative estimate of drug-likeness (QED) is 0.771. The van der Waals surface area contributed by atoms with Crippen LogP contribution in [0.4, 0.5) is 0 Å². The molecule has 1 N–H and O–H groups in total. The van der Waals surface area contributed by atoms with Gasteiger partial charge in [0.05, 0.1) is 6.04 Å². The lowest BCUT2D eigenvalue weighted by atomic mass is 9.94. The number of hydrogen-bond acceptors (Lipinski definition) is 3. The fourth-order valence-electron chi connectivity index (χ4n) is 4.33. The van der Waals surface area contributed by atoms with Crippen LogP contribution >= 0.6 is 15.9 Å². The molecule has 1 unspecified atom stereocenters. The van der Waals surface area contributed by atoms with Crippen molar-refractivity contribution in [3.05, 3.63) is 34.3 Å². The van der Waals surface area contributed by atoms with E-state index in [9.17, 15) is 9.59 Å². The first kappa shape index (κ1) is 20.3. The zero-order valence-corrected chi connectivity index (χ0v) is 17.9. The maximum atomic E-state index is 12.9. The molecule has 148 valence electrons. The van der Waals surface area contributed by atoms with Gasteiger partial charge in [-0.15, -0.1) is 0 Å². The fourth-order valence-corrected chi connectivity index (χ4v) is 4.73. The van der Waals surface area contributed by atoms with Gasteiger partial charge in [0, 0.05) is 42.3 Å². The number of hydrogen-bond donors (Lipinski definition) is 1. The topological polar surface area (TPSA) is 52.7 Å². The van der Waals surface area contributed by atoms with Crippen molar-refractivity contribution in [3.63, 3.8) is 0 Å². The second-order valence-corrected chi connectivity index (χ2v) is 8.91. The highest BCUT2D eigenvalue weighted by atomic mass is 79.9. The molecule has 0 radical (unpaired) electrons. The molecule has 1 heterocycles. The summed E-state index contributed by atoms with van der Waals surface area (Å²) < 4.78 is 0.915. The van der Waals surface area contributed by atoms with Gasteiger partial charge >= 0.3 is 0 Å². The fraction of sp³-hybridized carbons (Fsp3) is 0.619. The van der Waals surface area contributed by atoms with Crippen LogP contribution in [0.3, 0.4) is 0 Å².